The van der Waals surface area contributed by atoms with Gasteiger partial charge in [-0.2, -0.15) is 0 Å². The minimum atomic E-state index is -0.311. The number of methoxy groups -OCH3 is 1. The monoisotopic (exact) mass is 279 g/mol. The predicted molar refractivity (Wildman–Crippen MR) is 81.8 cm³/mol. The molecular weight excluding hydrogens is 253 g/mol. The van der Waals surface area contributed by atoms with E-state index in [0.717, 1.165) is 5.69 Å². The smallest absolute Gasteiger partial charge is 0.165 e. The van der Waals surface area contributed by atoms with Crippen LogP contribution in [-0.2, 0) is 0 Å². The fraction of sp³-hybridized carbons (Fsp3) is 0.647. The first-order valence-electron chi connectivity index (χ1n) is 7.52. The molecule has 2 rings (SSSR count). The van der Waals surface area contributed by atoms with E-state index in [1.165, 1.54) is 38.9 Å². The minimum absolute atomic E-state index is 0.294. The molecule has 1 saturated carbocycles. The van der Waals surface area contributed by atoms with Gasteiger partial charge >= 0.3 is 0 Å². The number of halogens is 1. The van der Waals surface area contributed by atoms with Crippen LogP contribution in [0.15, 0.2) is 18.2 Å². The van der Waals surface area contributed by atoms with Crippen LogP contribution in [-0.4, -0.2) is 13.2 Å². The lowest BCUT2D eigenvalue weighted by atomic mass is 9.69. The zero-order valence-corrected chi connectivity index (χ0v) is 13.0. The average Bonchev–Trinajstić information content (AvgIpc) is 2.40. The van der Waals surface area contributed by atoms with Crippen molar-refractivity contribution in [2.75, 3.05) is 12.4 Å². The van der Waals surface area contributed by atoms with Gasteiger partial charge < -0.3 is 10.1 Å². The van der Waals surface area contributed by atoms with Gasteiger partial charge in [0.2, 0.25) is 0 Å². The van der Waals surface area contributed by atoms with Gasteiger partial charge in [0.1, 0.15) is 0 Å². The van der Waals surface area contributed by atoms with E-state index in [0.29, 0.717) is 23.1 Å². The van der Waals surface area contributed by atoms with Gasteiger partial charge in [0.05, 0.1) is 7.11 Å². The number of rotatable bonds is 3. The maximum Gasteiger partial charge on any atom is 0.165 e. The molecule has 0 saturated heterocycles. The second kappa shape index (κ2) is 6.02. The summed E-state index contributed by atoms with van der Waals surface area (Å²) in [5.74, 6) is 0.638. The van der Waals surface area contributed by atoms with Gasteiger partial charge in [0.25, 0.3) is 0 Å². The standard InChI is InChI=1S/C17H26FNO/c1-17(2,3)13-7-5-6-8-15(13)19-12-9-10-14(18)16(11-12)20-4/h9-11,13,15,19H,5-8H2,1-4H3. The molecule has 0 heterocycles. The number of hydrogen-bond donors (Lipinski definition) is 1. The molecule has 1 fully saturated rings. The van der Waals surface area contributed by atoms with Crippen LogP contribution in [0, 0.1) is 17.2 Å². The quantitative estimate of drug-likeness (QED) is 0.854. The molecule has 1 aromatic rings. The summed E-state index contributed by atoms with van der Waals surface area (Å²) < 4.78 is 18.5. The Morgan fingerprint density at radius 2 is 1.90 bits per heavy atom. The lowest BCUT2D eigenvalue weighted by molar-refractivity contribution is 0.163. The van der Waals surface area contributed by atoms with Crippen LogP contribution in [0.5, 0.6) is 5.75 Å². The lowest BCUT2D eigenvalue weighted by Crippen LogP contribution is -2.39. The van der Waals surface area contributed by atoms with Gasteiger partial charge in [-0.1, -0.05) is 33.6 Å². The Balaban J connectivity index is 2.14. The minimum Gasteiger partial charge on any atom is -0.494 e. The highest BCUT2D eigenvalue weighted by atomic mass is 19.1. The summed E-state index contributed by atoms with van der Waals surface area (Å²) in [5.41, 5.74) is 1.24. The first-order chi connectivity index (χ1) is 9.41. The topological polar surface area (TPSA) is 21.3 Å². The fourth-order valence-electron chi connectivity index (χ4n) is 3.30. The highest BCUT2D eigenvalue weighted by Crippen LogP contribution is 2.39. The number of nitrogens with one attached hydrogen (secondary N) is 1. The van der Waals surface area contributed by atoms with Crippen molar-refractivity contribution in [3.63, 3.8) is 0 Å². The van der Waals surface area contributed by atoms with Gasteiger partial charge in [-0.05, 0) is 36.3 Å². The van der Waals surface area contributed by atoms with E-state index in [2.05, 4.69) is 26.1 Å². The number of ether oxygens (including phenoxy) is 1. The van der Waals surface area contributed by atoms with Crippen LogP contribution in [0.2, 0.25) is 0 Å². The SMILES string of the molecule is COc1cc(NC2CCCCC2C(C)(C)C)ccc1F. The van der Waals surface area contributed by atoms with E-state index >= 15 is 0 Å². The molecule has 0 bridgehead atoms. The second-order valence-corrected chi connectivity index (χ2v) is 6.86. The zero-order valence-electron chi connectivity index (χ0n) is 13.0. The van der Waals surface area contributed by atoms with Crippen molar-refractivity contribution in [2.24, 2.45) is 11.3 Å². The summed E-state index contributed by atoms with van der Waals surface area (Å²) in [4.78, 5) is 0. The zero-order chi connectivity index (χ0) is 14.8. The van der Waals surface area contributed by atoms with Crippen molar-refractivity contribution in [2.45, 2.75) is 52.5 Å². The molecule has 3 heteroatoms. The van der Waals surface area contributed by atoms with Crippen LogP contribution in [0.4, 0.5) is 10.1 Å². The molecule has 0 radical (unpaired) electrons. The molecule has 2 atom stereocenters. The summed E-state index contributed by atoms with van der Waals surface area (Å²) in [6.07, 6.45) is 5.02. The predicted octanol–water partition coefficient (Wildman–Crippen LogP) is 4.85. The molecule has 0 aromatic heterocycles. The van der Waals surface area contributed by atoms with Crippen molar-refractivity contribution < 1.29 is 9.13 Å². The molecule has 2 unspecified atom stereocenters. The van der Waals surface area contributed by atoms with Gasteiger partial charge in [-0.25, -0.2) is 4.39 Å². The summed E-state index contributed by atoms with van der Waals surface area (Å²) in [5, 5.41) is 3.59. The molecule has 20 heavy (non-hydrogen) atoms. The van der Waals surface area contributed by atoms with Crippen LogP contribution < -0.4 is 10.1 Å². The fourth-order valence-corrected chi connectivity index (χ4v) is 3.30. The summed E-state index contributed by atoms with van der Waals surface area (Å²) in [7, 11) is 1.50. The molecule has 0 amide bonds. The van der Waals surface area contributed by atoms with E-state index in [9.17, 15) is 4.39 Å². The van der Waals surface area contributed by atoms with Crippen molar-refractivity contribution >= 4 is 5.69 Å². The van der Waals surface area contributed by atoms with Crippen molar-refractivity contribution in [3.8, 4) is 5.75 Å². The van der Waals surface area contributed by atoms with Gasteiger partial charge in [0.15, 0.2) is 11.6 Å². The Labute approximate surface area is 121 Å². The molecule has 2 nitrogen and oxygen atoms in total. The van der Waals surface area contributed by atoms with Gasteiger partial charge in [-0.3, -0.25) is 0 Å². The Bertz CT molecular complexity index is 453. The van der Waals surface area contributed by atoms with E-state index in [4.69, 9.17) is 4.74 Å². The van der Waals surface area contributed by atoms with Gasteiger partial charge in [0, 0.05) is 17.8 Å². The third-order valence-corrected chi connectivity index (χ3v) is 4.38. The molecule has 1 N–H and O–H groups in total. The van der Waals surface area contributed by atoms with Crippen LogP contribution in [0.25, 0.3) is 0 Å². The van der Waals surface area contributed by atoms with E-state index in [1.807, 2.05) is 0 Å². The lowest BCUT2D eigenvalue weighted by Gasteiger charge is -2.41. The number of anilines is 1. The summed E-state index contributed by atoms with van der Waals surface area (Å²) in [6, 6.07) is 5.48. The van der Waals surface area contributed by atoms with E-state index < -0.39 is 0 Å². The van der Waals surface area contributed by atoms with Crippen molar-refractivity contribution in [1.82, 2.24) is 0 Å². The van der Waals surface area contributed by atoms with Crippen molar-refractivity contribution in [1.29, 1.82) is 0 Å². The molecule has 0 aliphatic heterocycles. The normalized spacial score (nSPS) is 23.4. The van der Waals surface area contributed by atoms with Crippen molar-refractivity contribution in [3.05, 3.63) is 24.0 Å². The first-order valence-corrected chi connectivity index (χ1v) is 7.52. The molecule has 1 aromatic carbocycles. The maximum absolute atomic E-state index is 13.5. The van der Waals surface area contributed by atoms with Crippen LogP contribution >= 0.6 is 0 Å². The largest absolute Gasteiger partial charge is 0.494 e. The van der Waals surface area contributed by atoms with Gasteiger partial charge in [-0.15, -0.1) is 0 Å². The Hall–Kier alpha value is -1.25. The Morgan fingerprint density at radius 1 is 1.20 bits per heavy atom. The highest BCUT2D eigenvalue weighted by Gasteiger charge is 2.34. The van der Waals surface area contributed by atoms with E-state index in [-0.39, 0.29) is 5.82 Å². The van der Waals surface area contributed by atoms with E-state index in [1.54, 1.807) is 12.1 Å². The molecular formula is C17H26FNO. The van der Waals surface area contributed by atoms with Crippen LogP contribution in [0.1, 0.15) is 46.5 Å². The molecule has 112 valence electrons. The molecule has 1 aliphatic carbocycles. The first kappa shape index (κ1) is 15.1. The average molecular weight is 279 g/mol. The van der Waals surface area contributed by atoms with Crippen LogP contribution in [0.3, 0.4) is 0 Å². The third-order valence-electron chi connectivity index (χ3n) is 4.38. The number of hydrogen-bond acceptors (Lipinski definition) is 2. The Kier molecular flexibility index (Phi) is 4.56. The maximum atomic E-state index is 13.5. The summed E-state index contributed by atoms with van der Waals surface area (Å²) in [6.45, 7) is 6.93. The Morgan fingerprint density at radius 3 is 2.55 bits per heavy atom. The second-order valence-electron chi connectivity index (χ2n) is 6.86. The molecule has 1 aliphatic rings. The summed E-state index contributed by atoms with van der Waals surface area (Å²) >= 11 is 0. The highest BCUT2D eigenvalue weighted by molar-refractivity contribution is 5.49. The number of benzene rings is 1. The third kappa shape index (κ3) is 3.44. The molecule has 0 spiro atoms.